The number of hydrogen-bond acceptors (Lipinski definition) is 3. The van der Waals surface area contributed by atoms with Crippen LogP contribution in [0.3, 0.4) is 0 Å². The van der Waals surface area contributed by atoms with Crippen molar-refractivity contribution < 1.29 is 4.74 Å². The fourth-order valence-electron chi connectivity index (χ4n) is 1.57. The molecule has 0 saturated heterocycles. The summed E-state index contributed by atoms with van der Waals surface area (Å²) in [6.07, 6.45) is 2.91. The molecule has 17 heavy (non-hydrogen) atoms. The van der Waals surface area contributed by atoms with Gasteiger partial charge in [-0.25, -0.2) is 0 Å². The normalized spacial score (nSPS) is 12.1. The maximum absolute atomic E-state index is 5.63. The predicted octanol–water partition coefficient (Wildman–Crippen LogP) is 2.64. The van der Waals surface area contributed by atoms with Crippen LogP contribution < -0.4 is 16.0 Å². The number of nitrogens with one attached hydrogen (secondary N) is 1. The van der Waals surface area contributed by atoms with Crippen molar-refractivity contribution in [2.24, 2.45) is 5.84 Å². The fourth-order valence-corrected chi connectivity index (χ4v) is 1.57. The lowest BCUT2D eigenvalue weighted by Gasteiger charge is -2.16. The van der Waals surface area contributed by atoms with E-state index in [0.29, 0.717) is 6.61 Å². The Bertz CT molecular complexity index is 324. The Balaban J connectivity index is 2.21. The van der Waals surface area contributed by atoms with Crippen molar-refractivity contribution in [1.82, 2.24) is 5.43 Å². The van der Waals surface area contributed by atoms with Gasteiger partial charge in [0, 0.05) is 6.04 Å². The van der Waals surface area contributed by atoms with Gasteiger partial charge in [-0.3, -0.25) is 11.3 Å². The second-order valence-corrected chi connectivity index (χ2v) is 4.31. The molecule has 0 aliphatic heterocycles. The number of ether oxygens (including phenoxy) is 1. The molecule has 0 aliphatic carbocycles. The quantitative estimate of drug-likeness (QED) is 0.413. The van der Waals surface area contributed by atoms with Crippen LogP contribution in [0.5, 0.6) is 5.75 Å². The van der Waals surface area contributed by atoms with Crippen molar-refractivity contribution in [3.8, 4) is 5.75 Å². The molecule has 0 fully saturated rings. The summed E-state index contributed by atoms with van der Waals surface area (Å²) in [5, 5.41) is 0. The molecule has 3 N–H and O–H groups in total. The van der Waals surface area contributed by atoms with E-state index in [1.54, 1.807) is 0 Å². The Labute approximate surface area is 104 Å². The van der Waals surface area contributed by atoms with Crippen LogP contribution in [0.2, 0.25) is 0 Å². The van der Waals surface area contributed by atoms with E-state index in [9.17, 15) is 0 Å². The van der Waals surface area contributed by atoms with Gasteiger partial charge in [-0.15, -0.1) is 6.58 Å². The summed E-state index contributed by atoms with van der Waals surface area (Å²) in [5.41, 5.74) is 4.01. The molecule has 0 aliphatic rings. The lowest BCUT2D eigenvalue weighted by Crippen LogP contribution is -2.36. The van der Waals surface area contributed by atoms with Crippen molar-refractivity contribution in [3.05, 3.63) is 42.5 Å². The Morgan fingerprint density at radius 3 is 2.65 bits per heavy atom. The predicted molar refractivity (Wildman–Crippen MR) is 71.7 cm³/mol. The molecule has 3 heteroatoms. The summed E-state index contributed by atoms with van der Waals surface area (Å²) >= 11 is 0. The molecular weight excluding hydrogens is 212 g/mol. The molecule has 3 nitrogen and oxygen atoms in total. The highest BCUT2D eigenvalue weighted by molar-refractivity contribution is 5.20. The first-order valence-electron chi connectivity index (χ1n) is 6.00. The highest BCUT2D eigenvalue weighted by Crippen LogP contribution is 2.11. The molecule has 1 atom stereocenters. The van der Waals surface area contributed by atoms with Crippen LogP contribution in [-0.4, -0.2) is 12.6 Å². The van der Waals surface area contributed by atoms with E-state index in [4.69, 9.17) is 10.6 Å². The van der Waals surface area contributed by atoms with Crippen molar-refractivity contribution in [1.29, 1.82) is 0 Å². The minimum atomic E-state index is 0.287. The average Bonchev–Trinajstić information content (AvgIpc) is 2.34. The summed E-state index contributed by atoms with van der Waals surface area (Å²) in [6.45, 7) is 6.60. The molecule has 1 aromatic rings. The first-order valence-corrected chi connectivity index (χ1v) is 6.00. The molecule has 0 saturated carbocycles. The SMILES string of the molecule is C=C(C)CCC(CCOc1ccccc1)NN. The first kappa shape index (κ1) is 13.7. The highest BCUT2D eigenvalue weighted by atomic mass is 16.5. The Morgan fingerprint density at radius 1 is 1.35 bits per heavy atom. The van der Waals surface area contributed by atoms with Crippen LogP contribution in [0.15, 0.2) is 42.5 Å². The third-order valence-electron chi connectivity index (χ3n) is 2.63. The second kappa shape index (κ2) is 7.87. The third kappa shape index (κ3) is 6.09. The van der Waals surface area contributed by atoms with E-state index in [1.807, 2.05) is 37.3 Å². The highest BCUT2D eigenvalue weighted by Gasteiger charge is 2.06. The van der Waals surface area contributed by atoms with Gasteiger partial charge in [-0.1, -0.05) is 23.8 Å². The largest absolute Gasteiger partial charge is 0.494 e. The van der Waals surface area contributed by atoms with E-state index in [-0.39, 0.29) is 6.04 Å². The molecular formula is C14H22N2O. The zero-order chi connectivity index (χ0) is 12.5. The Kier molecular flexibility index (Phi) is 6.37. The van der Waals surface area contributed by atoms with Crippen molar-refractivity contribution in [2.45, 2.75) is 32.2 Å². The summed E-state index contributed by atoms with van der Waals surface area (Å²) in [7, 11) is 0. The summed E-state index contributed by atoms with van der Waals surface area (Å²) < 4.78 is 5.63. The van der Waals surface area contributed by atoms with E-state index in [2.05, 4.69) is 12.0 Å². The molecule has 0 radical (unpaired) electrons. The molecule has 0 amide bonds. The van der Waals surface area contributed by atoms with Gasteiger partial charge in [0.1, 0.15) is 5.75 Å². The minimum absolute atomic E-state index is 0.287. The van der Waals surface area contributed by atoms with Crippen LogP contribution in [-0.2, 0) is 0 Å². The van der Waals surface area contributed by atoms with Gasteiger partial charge >= 0.3 is 0 Å². The molecule has 0 bridgehead atoms. The Hall–Kier alpha value is -1.32. The molecule has 1 aromatic carbocycles. The van der Waals surface area contributed by atoms with Crippen LogP contribution in [0.1, 0.15) is 26.2 Å². The van der Waals surface area contributed by atoms with Gasteiger partial charge in [0.15, 0.2) is 0 Å². The third-order valence-corrected chi connectivity index (χ3v) is 2.63. The minimum Gasteiger partial charge on any atom is -0.494 e. The van der Waals surface area contributed by atoms with Gasteiger partial charge in [0.2, 0.25) is 0 Å². The Morgan fingerprint density at radius 2 is 2.06 bits per heavy atom. The monoisotopic (exact) mass is 234 g/mol. The summed E-state index contributed by atoms with van der Waals surface area (Å²) in [6, 6.07) is 10.1. The molecule has 0 heterocycles. The fraction of sp³-hybridized carbons (Fsp3) is 0.429. The molecule has 1 rings (SSSR count). The number of benzene rings is 1. The topological polar surface area (TPSA) is 47.3 Å². The van der Waals surface area contributed by atoms with Gasteiger partial charge in [0.05, 0.1) is 6.61 Å². The maximum atomic E-state index is 5.63. The van der Waals surface area contributed by atoms with Crippen molar-refractivity contribution >= 4 is 0 Å². The summed E-state index contributed by atoms with van der Waals surface area (Å²) in [4.78, 5) is 0. The zero-order valence-corrected chi connectivity index (χ0v) is 10.5. The van der Waals surface area contributed by atoms with Gasteiger partial charge in [-0.2, -0.15) is 0 Å². The number of nitrogens with two attached hydrogens (primary N) is 1. The van der Waals surface area contributed by atoms with Gasteiger partial charge < -0.3 is 4.74 Å². The first-order chi connectivity index (χ1) is 8.22. The van der Waals surface area contributed by atoms with E-state index in [1.165, 1.54) is 5.57 Å². The van der Waals surface area contributed by atoms with E-state index < -0.39 is 0 Å². The van der Waals surface area contributed by atoms with E-state index >= 15 is 0 Å². The number of hydrogen-bond donors (Lipinski definition) is 2. The van der Waals surface area contributed by atoms with Crippen LogP contribution in [0.4, 0.5) is 0 Å². The van der Waals surface area contributed by atoms with Gasteiger partial charge in [0.25, 0.3) is 0 Å². The average molecular weight is 234 g/mol. The van der Waals surface area contributed by atoms with E-state index in [0.717, 1.165) is 25.0 Å². The van der Waals surface area contributed by atoms with Crippen LogP contribution in [0.25, 0.3) is 0 Å². The number of hydrazine groups is 1. The van der Waals surface area contributed by atoms with Crippen molar-refractivity contribution in [3.63, 3.8) is 0 Å². The van der Waals surface area contributed by atoms with Crippen LogP contribution >= 0.6 is 0 Å². The molecule has 0 aromatic heterocycles. The lowest BCUT2D eigenvalue weighted by atomic mass is 10.1. The summed E-state index contributed by atoms with van der Waals surface area (Å²) in [5.74, 6) is 6.41. The smallest absolute Gasteiger partial charge is 0.119 e. The molecule has 94 valence electrons. The van der Waals surface area contributed by atoms with Crippen LogP contribution in [0, 0.1) is 0 Å². The number of rotatable bonds is 8. The maximum Gasteiger partial charge on any atom is 0.119 e. The lowest BCUT2D eigenvalue weighted by molar-refractivity contribution is 0.281. The number of allylic oxidation sites excluding steroid dienone is 1. The standard InChI is InChI=1S/C14H22N2O/c1-12(2)8-9-13(16-15)10-11-17-14-6-4-3-5-7-14/h3-7,13,16H,1,8-11,15H2,2H3. The zero-order valence-electron chi connectivity index (χ0n) is 10.5. The van der Waals surface area contributed by atoms with Crippen molar-refractivity contribution in [2.75, 3.05) is 6.61 Å². The number of para-hydroxylation sites is 1. The van der Waals surface area contributed by atoms with Gasteiger partial charge in [-0.05, 0) is 38.3 Å². The second-order valence-electron chi connectivity index (χ2n) is 4.31. The molecule has 0 spiro atoms. The molecule has 1 unspecified atom stereocenters.